The summed E-state index contributed by atoms with van der Waals surface area (Å²) in [6, 6.07) is -0.872. The number of nitrogens with zero attached hydrogens (tertiary/aromatic N) is 3. The highest BCUT2D eigenvalue weighted by Crippen LogP contribution is 2.40. The van der Waals surface area contributed by atoms with Crippen LogP contribution in [0.4, 0.5) is 0 Å². The molecule has 9 N–H and O–H groups in total. The first-order chi connectivity index (χ1) is 31.8. The van der Waals surface area contributed by atoms with E-state index in [1.54, 1.807) is 51.2 Å². The number of carboxylic acids is 1. The number of aliphatic hydroxyl groups is 8. The minimum absolute atomic E-state index is 0.0163. The summed E-state index contributed by atoms with van der Waals surface area (Å²) < 4.78 is 29.8. The zero-order chi connectivity index (χ0) is 49.7. The lowest BCUT2D eigenvalue weighted by atomic mass is 9.82. The van der Waals surface area contributed by atoms with Crippen LogP contribution >= 0.6 is 0 Å². The summed E-state index contributed by atoms with van der Waals surface area (Å²) in [6.07, 6.45) is 4.75. The molecule has 0 saturated carbocycles. The van der Waals surface area contributed by atoms with E-state index in [-0.39, 0.29) is 56.8 Å². The molecule has 18 atom stereocenters. The predicted octanol–water partition coefficient (Wildman–Crippen LogP) is 4.19. The average Bonchev–Trinajstić information content (AvgIpc) is 3.25. The molecule has 19 heteroatoms. The summed E-state index contributed by atoms with van der Waals surface area (Å²) in [7, 11) is 1.26. The van der Waals surface area contributed by atoms with E-state index in [0.29, 0.717) is 0 Å². The quantitative estimate of drug-likeness (QED) is 0.0807. The number of hydrogen-bond donors (Lipinski definition) is 9. The highest BCUT2D eigenvalue weighted by atomic mass is 16.7. The molecule has 380 valence electrons. The molecular formula is C48H77N3O16. The van der Waals surface area contributed by atoms with Crippen LogP contribution < -0.4 is 0 Å². The van der Waals surface area contributed by atoms with E-state index in [4.69, 9.17) is 29.2 Å². The molecule has 3 rings (SSSR count). The predicted molar refractivity (Wildman–Crippen MR) is 246 cm³/mol. The van der Waals surface area contributed by atoms with Crippen LogP contribution in [0, 0.1) is 17.8 Å². The van der Waals surface area contributed by atoms with Gasteiger partial charge in [0.05, 0.1) is 79.6 Å². The van der Waals surface area contributed by atoms with E-state index in [1.165, 1.54) is 7.11 Å². The Bertz CT molecular complexity index is 1690. The Kier molecular flexibility index (Phi) is 25.4. The smallest absolute Gasteiger partial charge is 0.311 e. The number of methoxy groups -OCH3 is 1. The summed E-state index contributed by atoms with van der Waals surface area (Å²) in [5.41, 5.74) is 9.10. The number of cyclic esters (lactones) is 1. The van der Waals surface area contributed by atoms with Crippen molar-refractivity contribution in [1.29, 1.82) is 0 Å². The number of aliphatic hydroxyl groups excluding tert-OH is 8. The van der Waals surface area contributed by atoms with Crippen LogP contribution in [0.25, 0.3) is 10.4 Å². The standard InChI is InChI=1S/C48H77N3O16/c1-29-18-16-14-12-10-8-6-7-9-11-13-15-17-19-36(66-43-26-37(50-51-49)46(60)32(4)65-43)25-41-44(47(61)62)40(57)28-48(63-5,67-41)27-35(54)23-39(56)38(55)21-20-33(52)22-34(53)24-42(58)64-31(3)30(2)45(29)59/h6-11,13,15,17,19,29-41,43-46,52-57,59-60H,12,14,16,18,20-28H2,1-5H3,(H,61,62)/b7-6+,10-8+,11-9+,15-13+,19-17+/t29-,30-,31-,32+,33?,34?,35?,36?,37+,38+,39?,40-,41-,43?,44+,45+,46+,48+/m0/s1. The van der Waals surface area contributed by atoms with Gasteiger partial charge in [0.1, 0.15) is 12.0 Å². The molecule has 0 spiro atoms. The van der Waals surface area contributed by atoms with E-state index in [9.17, 15) is 55.5 Å². The maximum Gasteiger partial charge on any atom is 0.311 e. The Morgan fingerprint density at radius 3 is 2.09 bits per heavy atom. The summed E-state index contributed by atoms with van der Waals surface area (Å²) >= 11 is 0. The van der Waals surface area contributed by atoms with Gasteiger partial charge in [-0.2, -0.15) is 0 Å². The van der Waals surface area contributed by atoms with Gasteiger partial charge < -0.3 is 69.6 Å². The lowest BCUT2D eigenvalue weighted by Crippen LogP contribution is -2.57. The van der Waals surface area contributed by atoms with Gasteiger partial charge in [0, 0.05) is 50.0 Å². The number of carbonyl (C=O) groups is 2. The molecule has 6 unspecified atom stereocenters. The summed E-state index contributed by atoms with van der Waals surface area (Å²) in [5, 5.41) is 101. The van der Waals surface area contributed by atoms with Crippen LogP contribution in [-0.2, 0) is 33.3 Å². The maximum atomic E-state index is 12.7. The van der Waals surface area contributed by atoms with E-state index in [2.05, 4.69) is 16.1 Å². The largest absolute Gasteiger partial charge is 0.481 e. The first-order valence-electron chi connectivity index (χ1n) is 23.6. The molecule has 2 saturated heterocycles. The number of ether oxygens (including phenoxy) is 5. The molecule has 0 aromatic rings. The van der Waals surface area contributed by atoms with E-state index in [1.807, 2.05) is 31.2 Å². The summed E-state index contributed by atoms with van der Waals surface area (Å²) in [6.45, 7) is 7.04. The fourth-order valence-electron chi connectivity index (χ4n) is 8.80. The number of esters is 1. The minimum Gasteiger partial charge on any atom is -0.481 e. The van der Waals surface area contributed by atoms with Crippen LogP contribution in [0.5, 0.6) is 0 Å². The molecule has 3 heterocycles. The normalized spacial score (nSPS) is 42.7. The monoisotopic (exact) mass is 952 g/mol. The van der Waals surface area contributed by atoms with Crippen LogP contribution in [0.1, 0.15) is 111 Å². The molecule has 0 aromatic heterocycles. The number of azide groups is 1. The Balaban J connectivity index is 1.86. The van der Waals surface area contributed by atoms with Crippen LogP contribution in [0.2, 0.25) is 0 Å². The molecule has 3 aliphatic heterocycles. The molecule has 0 aromatic carbocycles. The molecule has 19 nitrogen and oxygen atoms in total. The van der Waals surface area contributed by atoms with E-state index >= 15 is 0 Å². The lowest BCUT2D eigenvalue weighted by molar-refractivity contribution is -0.314. The third-order valence-corrected chi connectivity index (χ3v) is 13.0. The van der Waals surface area contributed by atoms with Gasteiger partial charge >= 0.3 is 11.9 Å². The second-order valence-corrected chi connectivity index (χ2v) is 18.4. The first kappa shape index (κ1) is 57.8. The van der Waals surface area contributed by atoms with Crippen molar-refractivity contribution in [2.24, 2.45) is 22.9 Å². The Morgan fingerprint density at radius 1 is 0.761 bits per heavy atom. The van der Waals surface area contributed by atoms with Gasteiger partial charge in [-0.3, -0.25) is 9.59 Å². The minimum atomic E-state index is -1.76. The second kappa shape index (κ2) is 29.5. The van der Waals surface area contributed by atoms with Gasteiger partial charge in [-0.05, 0) is 63.8 Å². The molecule has 67 heavy (non-hydrogen) atoms. The highest BCUT2D eigenvalue weighted by Gasteiger charge is 2.51. The zero-order valence-corrected chi connectivity index (χ0v) is 39.5. The molecule has 0 radical (unpaired) electrons. The van der Waals surface area contributed by atoms with Gasteiger partial charge in [-0.25, -0.2) is 0 Å². The van der Waals surface area contributed by atoms with E-state index < -0.39 is 122 Å². The van der Waals surface area contributed by atoms with Crippen molar-refractivity contribution < 1.29 is 79.2 Å². The second-order valence-electron chi connectivity index (χ2n) is 18.4. The van der Waals surface area contributed by atoms with Gasteiger partial charge in [-0.1, -0.05) is 86.1 Å². The first-order valence-corrected chi connectivity index (χ1v) is 23.6. The van der Waals surface area contributed by atoms with Crippen LogP contribution in [0.3, 0.4) is 0 Å². The van der Waals surface area contributed by atoms with Gasteiger partial charge in [-0.15, -0.1) is 0 Å². The highest BCUT2D eigenvalue weighted by molar-refractivity contribution is 5.71. The maximum absolute atomic E-state index is 12.7. The molecule has 2 bridgehead atoms. The zero-order valence-electron chi connectivity index (χ0n) is 39.5. The number of carboxylic acid groups (broad SMARTS) is 1. The molecule has 0 aliphatic carbocycles. The van der Waals surface area contributed by atoms with Crippen LogP contribution in [0.15, 0.2) is 65.9 Å². The number of hydrogen-bond acceptors (Lipinski definition) is 16. The lowest BCUT2D eigenvalue weighted by Gasteiger charge is -2.46. The fourth-order valence-corrected chi connectivity index (χ4v) is 8.80. The molecular weight excluding hydrogens is 875 g/mol. The van der Waals surface area contributed by atoms with Crippen molar-refractivity contribution >= 4 is 11.9 Å². The SMILES string of the molecule is CO[C@]12CC(O)CC(O)[C@H](O)CCC(O)CC(O)CC(=O)O[C@@H](C)[C@H](C)[C@H](O)[C@@H](C)CCCC/C=C/C=C/C=C/C=C/C=C/C(OC3C[C@@H](N=[N+]=[N-])[C@H](O)[C@@H](C)O3)C[C@H](O1)[C@H](C(=O)O)[C@@H](O)C2. The third kappa shape index (κ3) is 19.8. The van der Waals surface area contributed by atoms with E-state index in [0.717, 1.165) is 25.7 Å². The topological polar surface area (TPSA) is 311 Å². The Morgan fingerprint density at radius 2 is 1.43 bits per heavy atom. The summed E-state index contributed by atoms with van der Waals surface area (Å²) in [4.78, 5) is 28.1. The van der Waals surface area contributed by atoms with Crippen LogP contribution in [-0.4, -0.2) is 156 Å². The van der Waals surface area contributed by atoms with Crippen molar-refractivity contribution in [2.45, 2.75) is 203 Å². The molecule has 0 amide bonds. The fraction of sp³-hybridized carbons (Fsp3) is 0.750. The Hall–Kier alpha value is -3.53. The van der Waals surface area contributed by atoms with Gasteiger partial charge in [0.2, 0.25) is 0 Å². The van der Waals surface area contributed by atoms with Gasteiger partial charge in [0.25, 0.3) is 0 Å². The third-order valence-electron chi connectivity index (χ3n) is 13.0. The number of rotatable bonds is 5. The summed E-state index contributed by atoms with van der Waals surface area (Å²) in [5.74, 6) is -5.69. The Labute approximate surface area is 394 Å². The number of allylic oxidation sites excluding steroid dienone is 9. The number of fused-ring (bicyclic) bond motifs is 2. The van der Waals surface area contributed by atoms with Crippen molar-refractivity contribution in [3.05, 3.63) is 71.2 Å². The number of aliphatic carboxylic acids is 1. The van der Waals surface area contributed by atoms with Crippen molar-refractivity contribution in [3.63, 3.8) is 0 Å². The molecule has 2 fully saturated rings. The number of carbonyl (C=O) groups excluding carboxylic acids is 1. The van der Waals surface area contributed by atoms with Crippen molar-refractivity contribution in [1.82, 2.24) is 0 Å². The van der Waals surface area contributed by atoms with Crippen molar-refractivity contribution in [2.75, 3.05) is 7.11 Å². The average molecular weight is 952 g/mol. The van der Waals surface area contributed by atoms with Crippen molar-refractivity contribution in [3.8, 4) is 0 Å². The van der Waals surface area contributed by atoms with Gasteiger partial charge in [0.15, 0.2) is 12.1 Å². The molecule has 3 aliphatic rings.